The molecule has 2 rings (SSSR count). The van der Waals surface area contributed by atoms with Gasteiger partial charge in [0.25, 0.3) is 5.91 Å². The number of carbonyl (C=O) groups excluding carboxylic acids is 4. The molecule has 7 heteroatoms. The Bertz CT molecular complexity index is 937. The maximum absolute atomic E-state index is 12.4. The van der Waals surface area contributed by atoms with E-state index in [9.17, 15) is 19.2 Å². The van der Waals surface area contributed by atoms with Crippen LogP contribution in [0.2, 0.25) is 0 Å². The van der Waals surface area contributed by atoms with Crippen molar-refractivity contribution in [3.8, 4) is 0 Å². The zero-order valence-electron chi connectivity index (χ0n) is 16.7. The molecular weight excluding hydrogens is 372 g/mol. The van der Waals surface area contributed by atoms with Gasteiger partial charge in [-0.3, -0.25) is 19.2 Å². The van der Waals surface area contributed by atoms with Crippen molar-refractivity contribution in [2.75, 3.05) is 19.0 Å². The lowest BCUT2D eigenvalue weighted by Crippen LogP contribution is -2.30. The van der Waals surface area contributed by atoms with Gasteiger partial charge in [-0.25, -0.2) is 0 Å². The van der Waals surface area contributed by atoms with Gasteiger partial charge >= 0.3 is 5.97 Å². The van der Waals surface area contributed by atoms with Crippen LogP contribution in [0.25, 0.3) is 0 Å². The first-order chi connectivity index (χ1) is 13.8. The molecule has 0 spiro atoms. The number of hydrogen-bond donors (Lipinski definition) is 2. The van der Waals surface area contributed by atoms with Gasteiger partial charge in [0.1, 0.15) is 6.54 Å². The molecule has 2 N–H and O–H groups in total. The zero-order valence-corrected chi connectivity index (χ0v) is 16.7. The second-order valence-electron chi connectivity index (χ2n) is 6.63. The number of hydrogen-bond acceptors (Lipinski definition) is 5. The highest BCUT2D eigenvalue weighted by Gasteiger charge is 2.13. The Morgan fingerprint density at radius 3 is 2.45 bits per heavy atom. The first-order valence-electron chi connectivity index (χ1n) is 9.15. The Balaban J connectivity index is 1.92. The fourth-order valence-electron chi connectivity index (χ4n) is 2.69. The van der Waals surface area contributed by atoms with Crippen LogP contribution in [0.4, 0.5) is 5.69 Å². The van der Waals surface area contributed by atoms with Gasteiger partial charge in [-0.05, 0) is 43.7 Å². The highest BCUT2D eigenvalue weighted by molar-refractivity contribution is 6.01. The number of aryl methyl sites for hydroxylation is 2. The zero-order chi connectivity index (χ0) is 21.4. The van der Waals surface area contributed by atoms with E-state index >= 15 is 0 Å². The van der Waals surface area contributed by atoms with E-state index in [0.29, 0.717) is 11.3 Å². The van der Waals surface area contributed by atoms with Gasteiger partial charge in [0.15, 0.2) is 5.78 Å². The number of esters is 1. The van der Waals surface area contributed by atoms with Crippen LogP contribution < -0.4 is 10.6 Å². The number of nitrogens with one attached hydrogen (secondary N) is 2. The van der Waals surface area contributed by atoms with Crippen LogP contribution in [0.3, 0.4) is 0 Å². The predicted octanol–water partition coefficient (Wildman–Crippen LogP) is 2.81. The Labute approximate surface area is 169 Å². The summed E-state index contributed by atoms with van der Waals surface area (Å²) in [6.07, 6.45) is 0.125. The SMILES string of the molecule is COC(=O)CNC(=O)c1cccc(NC(=O)CCC(=O)c2cc(C)ccc2C)c1. The Morgan fingerprint density at radius 2 is 1.72 bits per heavy atom. The number of Topliss-reactive ketones (excluding diaryl/α,β-unsaturated/α-hetero) is 1. The quantitative estimate of drug-likeness (QED) is 0.528. The van der Waals surface area contributed by atoms with Crippen molar-refractivity contribution in [3.05, 3.63) is 64.7 Å². The number of ether oxygens (including phenoxy) is 1. The molecule has 7 nitrogen and oxygen atoms in total. The minimum Gasteiger partial charge on any atom is -0.468 e. The molecule has 0 fully saturated rings. The first-order valence-corrected chi connectivity index (χ1v) is 9.15. The highest BCUT2D eigenvalue weighted by Crippen LogP contribution is 2.15. The normalized spacial score (nSPS) is 10.2. The second kappa shape index (κ2) is 10.2. The molecule has 0 aliphatic rings. The molecule has 152 valence electrons. The minimum absolute atomic E-state index is 0.0327. The van der Waals surface area contributed by atoms with E-state index in [1.807, 2.05) is 32.0 Å². The first kappa shape index (κ1) is 21.8. The molecule has 0 saturated heterocycles. The van der Waals surface area contributed by atoms with Crippen molar-refractivity contribution >= 4 is 29.3 Å². The summed E-state index contributed by atoms with van der Waals surface area (Å²) in [5.74, 6) is -1.43. The molecule has 0 radical (unpaired) electrons. The third kappa shape index (κ3) is 6.57. The van der Waals surface area contributed by atoms with E-state index in [2.05, 4.69) is 15.4 Å². The fraction of sp³-hybridized carbons (Fsp3) is 0.273. The molecule has 0 aliphatic carbocycles. The lowest BCUT2D eigenvalue weighted by Gasteiger charge is -2.09. The third-order valence-corrected chi connectivity index (χ3v) is 4.30. The molecule has 2 amide bonds. The Kier molecular flexibility index (Phi) is 7.65. The molecule has 29 heavy (non-hydrogen) atoms. The lowest BCUT2D eigenvalue weighted by atomic mass is 9.99. The van der Waals surface area contributed by atoms with Gasteiger partial charge in [-0.1, -0.05) is 23.8 Å². The van der Waals surface area contributed by atoms with Crippen molar-refractivity contribution in [1.29, 1.82) is 0 Å². The van der Waals surface area contributed by atoms with Crippen molar-refractivity contribution in [2.45, 2.75) is 26.7 Å². The van der Waals surface area contributed by atoms with E-state index in [-0.39, 0.29) is 36.6 Å². The summed E-state index contributed by atoms with van der Waals surface area (Å²) in [7, 11) is 1.23. The van der Waals surface area contributed by atoms with Crippen molar-refractivity contribution in [2.24, 2.45) is 0 Å². The molecule has 0 saturated carbocycles. The number of rotatable bonds is 8. The van der Waals surface area contributed by atoms with E-state index in [1.54, 1.807) is 18.2 Å². The summed E-state index contributed by atoms with van der Waals surface area (Å²) in [5.41, 5.74) is 3.22. The van der Waals surface area contributed by atoms with Gasteiger partial charge in [-0.15, -0.1) is 0 Å². The standard InChI is InChI=1S/C22H24N2O5/c1-14-7-8-15(2)18(11-14)19(25)9-10-20(26)24-17-6-4-5-16(12-17)22(28)23-13-21(27)29-3/h4-8,11-12H,9-10,13H2,1-3H3,(H,23,28)(H,24,26). The van der Waals surface area contributed by atoms with Gasteiger partial charge in [0, 0.05) is 29.7 Å². The predicted molar refractivity (Wildman–Crippen MR) is 109 cm³/mol. The van der Waals surface area contributed by atoms with E-state index in [0.717, 1.165) is 11.1 Å². The number of methoxy groups -OCH3 is 1. The van der Waals surface area contributed by atoms with Crippen LogP contribution in [0, 0.1) is 13.8 Å². The third-order valence-electron chi connectivity index (χ3n) is 4.30. The van der Waals surface area contributed by atoms with Crippen LogP contribution in [0.1, 0.15) is 44.7 Å². The van der Waals surface area contributed by atoms with Crippen LogP contribution >= 0.6 is 0 Å². The number of ketones is 1. The van der Waals surface area contributed by atoms with E-state index in [1.165, 1.54) is 13.2 Å². The summed E-state index contributed by atoms with van der Waals surface area (Å²) in [6.45, 7) is 3.53. The Hall–Kier alpha value is -3.48. The van der Waals surface area contributed by atoms with Crippen molar-refractivity contribution < 1.29 is 23.9 Å². The average molecular weight is 396 g/mol. The molecule has 0 aromatic heterocycles. The molecule has 0 bridgehead atoms. The number of amides is 2. The number of carbonyl (C=O) groups is 4. The van der Waals surface area contributed by atoms with Gasteiger partial charge in [-0.2, -0.15) is 0 Å². The summed E-state index contributed by atoms with van der Waals surface area (Å²) in [4.78, 5) is 47.8. The van der Waals surface area contributed by atoms with Crippen LogP contribution in [-0.2, 0) is 14.3 Å². The summed E-state index contributed by atoms with van der Waals surface area (Å²) in [6, 6.07) is 12.0. The molecular formula is C22H24N2O5. The maximum atomic E-state index is 12.4. The Morgan fingerprint density at radius 1 is 0.966 bits per heavy atom. The molecule has 0 aliphatic heterocycles. The molecule has 0 atom stereocenters. The molecule has 0 heterocycles. The van der Waals surface area contributed by atoms with E-state index in [4.69, 9.17) is 0 Å². The topological polar surface area (TPSA) is 102 Å². The number of anilines is 1. The average Bonchev–Trinajstić information content (AvgIpc) is 2.71. The molecule has 2 aromatic carbocycles. The maximum Gasteiger partial charge on any atom is 0.325 e. The van der Waals surface area contributed by atoms with Crippen molar-refractivity contribution in [1.82, 2.24) is 5.32 Å². The number of benzene rings is 2. The fourth-order valence-corrected chi connectivity index (χ4v) is 2.69. The minimum atomic E-state index is -0.559. The van der Waals surface area contributed by atoms with Crippen molar-refractivity contribution in [3.63, 3.8) is 0 Å². The largest absolute Gasteiger partial charge is 0.468 e. The van der Waals surface area contributed by atoms with Crippen LogP contribution in [0.5, 0.6) is 0 Å². The van der Waals surface area contributed by atoms with Gasteiger partial charge < -0.3 is 15.4 Å². The smallest absolute Gasteiger partial charge is 0.325 e. The van der Waals surface area contributed by atoms with Gasteiger partial charge in [0.2, 0.25) is 5.91 Å². The van der Waals surface area contributed by atoms with E-state index < -0.39 is 11.9 Å². The molecule has 2 aromatic rings. The monoisotopic (exact) mass is 396 g/mol. The summed E-state index contributed by atoms with van der Waals surface area (Å²) < 4.78 is 4.47. The second-order valence-corrected chi connectivity index (χ2v) is 6.63. The lowest BCUT2D eigenvalue weighted by molar-refractivity contribution is -0.139. The molecule has 0 unspecified atom stereocenters. The van der Waals surface area contributed by atoms with Gasteiger partial charge in [0.05, 0.1) is 7.11 Å². The van der Waals surface area contributed by atoms with Crippen LogP contribution in [0.15, 0.2) is 42.5 Å². The summed E-state index contributed by atoms with van der Waals surface area (Å²) >= 11 is 0. The van der Waals surface area contributed by atoms with Crippen LogP contribution in [-0.4, -0.2) is 37.2 Å². The summed E-state index contributed by atoms with van der Waals surface area (Å²) in [5, 5.41) is 5.11. The highest BCUT2D eigenvalue weighted by atomic mass is 16.5.